The van der Waals surface area contributed by atoms with Crippen molar-refractivity contribution in [3.05, 3.63) is 29.3 Å². The molecule has 162 valence electrons. The summed E-state index contributed by atoms with van der Waals surface area (Å²) < 4.78 is 0. The van der Waals surface area contributed by atoms with Crippen LogP contribution in [0.5, 0.6) is 0 Å². The molecule has 1 heterocycles. The van der Waals surface area contributed by atoms with E-state index in [0.717, 1.165) is 37.7 Å². The van der Waals surface area contributed by atoms with Crippen LogP contribution < -0.4 is 4.90 Å². The third-order valence-corrected chi connectivity index (χ3v) is 7.09. The Hall–Kier alpha value is -1.24. The summed E-state index contributed by atoms with van der Waals surface area (Å²) >= 11 is 0. The van der Waals surface area contributed by atoms with Crippen LogP contribution in [0.15, 0.2) is 18.2 Å². The predicted octanol–water partition coefficient (Wildman–Crippen LogP) is 6.22. The minimum atomic E-state index is 0. The zero-order valence-corrected chi connectivity index (χ0v) is 19.7. The zero-order valence-electron chi connectivity index (χ0n) is 18.9. The molecular formula is C25H40ClN3. The van der Waals surface area contributed by atoms with E-state index in [1.54, 1.807) is 0 Å². The van der Waals surface area contributed by atoms with Crippen LogP contribution in [0.1, 0.15) is 83.3 Å². The summed E-state index contributed by atoms with van der Waals surface area (Å²) in [5.74, 6) is 1.49. The van der Waals surface area contributed by atoms with Crippen LogP contribution in [0.3, 0.4) is 0 Å². The monoisotopic (exact) mass is 417 g/mol. The molecule has 1 aliphatic carbocycles. The van der Waals surface area contributed by atoms with Gasteiger partial charge in [-0.2, -0.15) is 5.26 Å². The van der Waals surface area contributed by atoms with Gasteiger partial charge in [-0.05, 0) is 73.6 Å². The number of hydrogen-bond acceptors (Lipinski definition) is 3. The van der Waals surface area contributed by atoms with Crippen molar-refractivity contribution in [1.82, 2.24) is 4.90 Å². The molecule has 0 N–H and O–H groups in total. The van der Waals surface area contributed by atoms with E-state index in [2.05, 4.69) is 55.7 Å². The lowest BCUT2D eigenvalue weighted by molar-refractivity contribution is 0.169. The quantitative estimate of drug-likeness (QED) is 0.569. The summed E-state index contributed by atoms with van der Waals surface area (Å²) in [6, 6.07) is 8.82. The van der Waals surface area contributed by atoms with E-state index in [4.69, 9.17) is 0 Å². The molecule has 29 heavy (non-hydrogen) atoms. The van der Waals surface area contributed by atoms with Crippen LogP contribution in [-0.2, 0) is 0 Å². The molecule has 0 atom stereocenters. The fourth-order valence-corrected chi connectivity index (χ4v) is 5.10. The van der Waals surface area contributed by atoms with E-state index in [0.29, 0.717) is 11.3 Å². The number of piperazine rings is 1. The second-order valence-electron chi connectivity index (χ2n) is 9.98. The van der Waals surface area contributed by atoms with Crippen LogP contribution in [0, 0.1) is 22.7 Å². The number of nitrogens with zero attached hydrogens (tertiary/aromatic N) is 3. The molecule has 0 unspecified atom stereocenters. The summed E-state index contributed by atoms with van der Waals surface area (Å²) in [7, 11) is 0. The molecule has 3 rings (SSSR count). The normalized spacial score (nSPS) is 23.3. The molecule has 0 bridgehead atoms. The molecule has 1 aromatic rings. The largest absolute Gasteiger partial charge is 0.369 e. The smallest absolute Gasteiger partial charge is 0.0992 e. The lowest BCUT2D eigenvalue weighted by atomic mass is 9.68. The Balaban J connectivity index is 0.00000300. The average Bonchev–Trinajstić information content (AvgIpc) is 2.71. The molecule has 3 nitrogen and oxygen atoms in total. The van der Waals surface area contributed by atoms with Gasteiger partial charge in [0.15, 0.2) is 0 Å². The van der Waals surface area contributed by atoms with Crippen LogP contribution in [0.4, 0.5) is 5.69 Å². The summed E-state index contributed by atoms with van der Waals surface area (Å²) in [6.45, 7) is 15.1. The van der Waals surface area contributed by atoms with Gasteiger partial charge in [0.2, 0.25) is 0 Å². The van der Waals surface area contributed by atoms with Gasteiger partial charge >= 0.3 is 0 Å². The molecule has 1 saturated carbocycles. The van der Waals surface area contributed by atoms with Crippen molar-refractivity contribution in [3.63, 3.8) is 0 Å². The van der Waals surface area contributed by atoms with E-state index in [1.807, 2.05) is 6.07 Å². The average molecular weight is 418 g/mol. The SMILES string of the molecule is CCCCN1CCN(c2cc(C#N)ccc2C2CCC(C(C)(C)C)CC2)CC1.Cl. The Bertz CT molecular complexity index is 672. The van der Waals surface area contributed by atoms with Gasteiger partial charge in [0.05, 0.1) is 11.6 Å². The molecule has 2 aliphatic rings. The maximum atomic E-state index is 9.45. The van der Waals surface area contributed by atoms with Crippen LogP contribution >= 0.6 is 12.4 Å². The Morgan fingerprint density at radius 1 is 1.03 bits per heavy atom. The van der Waals surface area contributed by atoms with Gasteiger partial charge in [0, 0.05) is 31.9 Å². The second-order valence-corrected chi connectivity index (χ2v) is 9.98. The second kappa shape index (κ2) is 10.7. The van der Waals surface area contributed by atoms with E-state index in [-0.39, 0.29) is 12.4 Å². The van der Waals surface area contributed by atoms with E-state index < -0.39 is 0 Å². The summed E-state index contributed by atoms with van der Waals surface area (Å²) in [4.78, 5) is 5.15. The Morgan fingerprint density at radius 3 is 2.24 bits per heavy atom. The molecule has 0 aromatic heterocycles. The third-order valence-electron chi connectivity index (χ3n) is 7.09. The van der Waals surface area contributed by atoms with Crippen molar-refractivity contribution >= 4 is 18.1 Å². The molecule has 4 heteroatoms. The zero-order chi connectivity index (χ0) is 20.1. The first-order valence-electron chi connectivity index (χ1n) is 11.4. The minimum Gasteiger partial charge on any atom is -0.369 e. The van der Waals surface area contributed by atoms with Gasteiger partial charge in [-0.3, -0.25) is 4.90 Å². The Labute approximate surface area is 184 Å². The van der Waals surface area contributed by atoms with Gasteiger partial charge in [0.1, 0.15) is 0 Å². The molecule has 1 saturated heterocycles. The highest BCUT2D eigenvalue weighted by atomic mass is 35.5. The van der Waals surface area contributed by atoms with Crippen LogP contribution in [0.25, 0.3) is 0 Å². The molecule has 1 aromatic carbocycles. The van der Waals surface area contributed by atoms with E-state index in [9.17, 15) is 5.26 Å². The van der Waals surface area contributed by atoms with Crippen molar-refractivity contribution in [2.45, 2.75) is 72.1 Å². The number of hydrogen-bond donors (Lipinski definition) is 0. The first-order chi connectivity index (χ1) is 13.4. The lowest BCUT2D eigenvalue weighted by Gasteiger charge is -2.40. The lowest BCUT2D eigenvalue weighted by Crippen LogP contribution is -2.47. The minimum absolute atomic E-state index is 0. The number of nitriles is 1. The Kier molecular flexibility index (Phi) is 8.86. The number of anilines is 1. The van der Waals surface area contributed by atoms with Crippen molar-refractivity contribution in [2.75, 3.05) is 37.6 Å². The van der Waals surface area contributed by atoms with Crippen LogP contribution in [0.2, 0.25) is 0 Å². The first-order valence-corrected chi connectivity index (χ1v) is 11.4. The van der Waals surface area contributed by atoms with Gasteiger partial charge in [-0.15, -0.1) is 12.4 Å². The van der Waals surface area contributed by atoms with Crippen molar-refractivity contribution in [2.24, 2.45) is 11.3 Å². The Morgan fingerprint density at radius 2 is 1.69 bits per heavy atom. The van der Waals surface area contributed by atoms with Crippen molar-refractivity contribution < 1.29 is 0 Å². The molecule has 0 amide bonds. The maximum absolute atomic E-state index is 9.45. The van der Waals surface area contributed by atoms with Gasteiger partial charge < -0.3 is 4.90 Å². The summed E-state index contributed by atoms with van der Waals surface area (Å²) in [5, 5.41) is 9.45. The highest BCUT2D eigenvalue weighted by Crippen LogP contribution is 2.45. The molecule has 0 spiro atoms. The fraction of sp³-hybridized carbons (Fsp3) is 0.720. The van der Waals surface area contributed by atoms with Crippen molar-refractivity contribution in [3.8, 4) is 6.07 Å². The van der Waals surface area contributed by atoms with Gasteiger partial charge in [-0.25, -0.2) is 0 Å². The highest BCUT2D eigenvalue weighted by molar-refractivity contribution is 5.85. The number of benzene rings is 1. The number of halogens is 1. The van der Waals surface area contributed by atoms with E-state index in [1.165, 1.54) is 56.3 Å². The molecule has 0 radical (unpaired) electrons. The molecular weight excluding hydrogens is 378 g/mol. The van der Waals surface area contributed by atoms with Gasteiger partial charge in [-0.1, -0.05) is 40.2 Å². The first kappa shape index (κ1) is 24.0. The topological polar surface area (TPSA) is 30.3 Å². The standard InChI is InChI=1S/C25H39N3.ClH/c1-5-6-13-27-14-16-28(17-15-27)24-18-20(19-26)7-12-23(24)21-8-10-22(11-9-21)25(2,3)4;/h7,12,18,21-22H,5-6,8-11,13-17H2,1-4H3;1H. The molecule has 2 fully saturated rings. The van der Waals surface area contributed by atoms with E-state index >= 15 is 0 Å². The summed E-state index contributed by atoms with van der Waals surface area (Å²) in [6.07, 6.45) is 7.81. The molecule has 1 aliphatic heterocycles. The highest BCUT2D eigenvalue weighted by Gasteiger charge is 2.32. The van der Waals surface area contributed by atoms with Crippen LogP contribution in [-0.4, -0.2) is 37.6 Å². The maximum Gasteiger partial charge on any atom is 0.0992 e. The number of rotatable bonds is 5. The number of unbranched alkanes of at least 4 members (excludes halogenated alkanes) is 1. The predicted molar refractivity (Wildman–Crippen MR) is 126 cm³/mol. The summed E-state index contributed by atoms with van der Waals surface area (Å²) in [5.41, 5.74) is 4.06. The fourth-order valence-electron chi connectivity index (χ4n) is 5.10. The third kappa shape index (κ3) is 6.12. The van der Waals surface area contributed by atoms with Gasteiger partial charge in [0.25, 0.3) is 0 Å². The van der Waals surface area contributed by atoms with Crippen molar-refractivity contribution in [1.29, 1.82) is 5.26 Å².